The quantitative estimate of drug-likeness (QED) is 0.757. The third kappa shape index (κ3) is 2.30. The second-order valence-corrected chi connectivity index (χ2v) is 5.74. The molecule has 0 fully saturated rings. The van der Waals surface area contributed by atoms with Crippen molar-refractivity contribution in [2.24, 2.45) is 0 Å². The summed E-state index contributed by atoms with van der Waals surface area (Å²) in [5, 5.41) is 13.1. The number of nitrogens with zero attached hydrogens (tertiary/aromatic N) is 1. The SMILES string of the molecule is Oc1ccc(CC2NCc3ccccc3-n3cccc32)cc1. The zero-order valence-corrected chi connectivity index (χ0v) is 12.2. The normalized spacial score (nSPS) is 16.6. The minimum atomic E-state index is 0.256. The summed E-state index contributed by atoms with van der Waals surface area (Å²) in [6.45, 7) is 0.862. The van der Waals surface area contributed by atoms with E-state index in [9.17, 15) is 5.11 Å². The van der Waals surface area contributed by atoms with Gasteiger partial charge in [0.15, 0.2) is 0 Å². The van der Waals surface area contributed by atoms with Gasteiger partial charge in [-0.3, -0.25) is 0 Å². The molecule has 1 atom stereocenters. The Morgan fingerprint density at radius 3 is 2.68 bits per heavy atom. The molecule has 0 aliphatic carbocycles. The Kier molecular flexibility index (Phi) is 3.20. The van der Waals surface area contributed by atoms with Crippen LogP contribution in [0.15, 0.2) is 66.9 Å². The zero-order valence-electron chi connectivity index (χ0n) is 12.2. The number of phenols is 1. The number of para-hydroxylation sites is 1. The summed E-state index contributed by atoms with van der Waals surface area (Å²) in [5.41, 5.74) is 5.06. The number of hydrogen-bond donors (Lipinski definition) is 2. The number of rotatable bonds is 2. The molecule has 1 aliphatic rings. The van der Waals surface area contributed by atoms with Gasteiger partial charge in [0.2, 0.25) is 0 Å². The third-order valence-electron chi connectivity index (χ3n) is 4.30. The lowest BCUT2D eigenvalue weighted by Gasteiger charge is -2.17. The molecule has 0 saturated carbocycles. The Morgan fingerprint density at radius 2 is 1.82 bits per heavy atom. The first-order valence-electron chi connectivity index (χ1n) is 7.58. The van der Waals surface area contributed by atoms with Gasteiger partial charge in [0.1, 0.15) is 5.75 Å². The van der Waals surface area contributed by atoms with Crippen LogP contribution in [-0.4, -0.2) is 9.67 Å². The highest BCUT2D eigenvalue weighted by Gasteiger charge is 2.21. The molecule has 1 aliphatic heterocycles. The highest BCUT2D eigenvalue weighted by Crippen LogP contribution is 2.28. The topological polar surface area (TPSA) is 37.2 Å². The fourth-order valence-electron chi connectivity index (χ4n) is 3.18. The molecule has 3 nitrogen and oxygen atoms in total. The van der Waals surface area contributed by atoms with Gasteiger partial charge in [-0.1, -0.05) is 30.3 Å². The Bertz CT molecular complexity index is 789. The van der Waals surface area contributed by atoms with Gasteiger partial charge in [0.05, 0.1) is 6.04 Å². The molecule has 0 bridgehead atoms. The minimum absolute atomic E-state index is 0.256. The lowest BCUT2D eigenvalue weighted by Crippen LogP contribution is -2.22. The first-order valence-corrected chi connectivity index (χ1v) is 7.58. The number of fused-ring (bicyclic) bond motifs is 3. The molecule has 0 spiro atoms. The maximum atomic E-state index is 9.43. The molecular weight excluding hydrogens is 272 g/mol. The van der Waals surface area contributed by atoms with Crippen molar-refractivity contribution < 1.29 is 5.11 Å². The summed E-state index contributed by atoms with van der Waals surface area (Å²) in [6, 6.07) is 20.5. The molecule has 1 aromatic heterocycles. The second kappa shape index (κ2) is 5.35. The van der Waals surface area contributed by atoms with Crippen molar-refractivity contribution in [2.75, 3.05) is 0 Å². The van der Waals surface area contributed by atoms with Crippen LogP contribution in [0, 0.1) is 0 Å². The van der Waals surface area contributed by atoms with E-state index in [1.807, 2.05) is 12.1 Å². The highest BCUT2D eigenvalue weighted by molar-refractivity contribution is 5.45. The van der Waals surface area contributed by atoms with Gasteiger partial charge in [0, 0.05) is 24.1 Å². The van der Waals surface area contributed by atoms with Crippen LogP contribution in [0.5, 0.6) is 5.75 Å². The van der Waals surface area contributed by atoms with Gasteiger partial charge in [0.25, 0.3) is 0 Å². The van der Waals surface area contributed by atoms with E-state index in [1.165, 1.54) is 22.5 Å². The fraction of sp³-hybridized carbons (Fsp3) is 0.158. The molecule has 2 aromatic carbocycles. The summed E-state index contributed by atoms with van der Waals surface area (Å²) >= 11 is 0. The molecule has 4 rings (SSSR count). The van der Waals surface area contributed by atoms with E-state index in [1.54, 1.807) is 12.1 Å². The zero-order chi connectivity index (χ0) is 14.9. The summed E-state index contributed by atoms with van der Waals surface area (Å²) < 4.78 is 2.28. The molecule has 0 amide bonds. The molecule has 22 heavy (non-hydrogen) atoms. The van der Waals surface area contributed by atoms with Crippen LogP contribution >= 0.6 is 0 Å². The fourth-order valence-corrected chi connectivity index (χ4v) is 3.18. The van der Waals surface area contributed by atoms with Crippen molar-refractivity contribution >= 4 is 0 Å². The summed E-state index contributed by atoms with van der Waals surface area (Å²) in [4.78, 5) is 0. The van der Waals surface area contributed by atoms with E-state index >= 15 is 0 Å². The highest BCUT2D eigenvalue weighted by atomic mass is 16.3. The van der Waals surface area contributed by atoms with Crippen LogP contribution in [0.1, 0.15) is 22.9 Å². The standard InChI is InChI=1S/C19H18N2O/c22-16-9-7-14(8-10-16)12-17-19-6-3-11-21(19)18-5-2-1-4-15(18)13-20-17/h1-11,17,20,22H,12-13H2. The molecule has 2 N–H and O–H groups in total. The largest absolute Gasteiger partial charge is 0.508 e. The van der Waals surface area contributed by atoms with Gasteiger partial charge >= 0.3 is 0 Å². The number of phenolic OH excluding ortho intramolecular Hbond substituents is 1. The number of aromatic hydroxyl groups is 1. The van der Waals surface area contributed by atoms with E-state index in [4.69, 9.17) is 0 Å². The van der Waals surface area contributed by atoms with E-state index < -0.39 is 0 Å². The van der Waals surface area contributed by atoms with Crippen LogP contribution in [0.2, 0.25) is 0 Å². The second-order valence-electron chi connectivity index (χ2n) is 5.74. The molecule has 1 unspecified atom stereocenters. The Hall–Kier alpha value is -2.52. The van der Waals surface area contributed by atoms with Gasteiger partial charge in [-0.2, -0.15) is 0 Å². The summed E-state index contributed by atoms with van der Waals surface area (Å²) in [5.74, 6) is 0.313. The van der Waals surface area contributed by atoms with Gasteiger partial charge < -0.3 is 15.0 Å². The van der Waals surface area contributed by atoms with Crippen molar-refractivity contribution in [3.8, 4) is 11.4 Å². The van der Waals surface area contributed by atoms with Gasteiger partial charge in [-0.15, -0.1) is 0 Å². The van der Waals surface area contributed by atoms with Crippen molar-refractivity contribution in [1.29, 1.82) is 0 Å². The maximum absolute atomic E-state index is 9.43. The monoisotopic (exact) mass is 290 g/mol. The van der Waals surface area contributed by atoms with E-state index in [0.717, 1.165) is 13.0 Å². The molecule has 3 heteroatoms. The minimum Gasteiger partial charge on any atom is -0.508 e. The van der Waals surface area contributed by atoms with Crippen LogP contribution in [0.4, 0.5) is 0 Å². The smallest absolute Gasteiger partial charge is 0.115 e. The van der Waals surface area contributed by atoms with Crippen molar-refractivity contribution in [3.63, 3.8) is 0 Å². The third-order valence-corrected chi connectivity index (χ3v) is 4.30. The average Bonchev–Trinajstić information content (AvgIpc) is 2.98. The molecule has 2 heterocycles. The van der Waals surface area contributed by atoms with Gasteiger partial charge in [-0.05, 0) is 47.9 Å². The van der Waals surface area contributed by atoms with Crippen LogP contribution < -0.4 is 5.32 Å². The van der Waals surface area contributed by atoms with E-state index in [2.05, 4.69) is 52.5 Å². The summed E-state index contributed by atoms with van der Waals surface area (Å²) in [6.07, 6.45) is 3.03. The Labute approximate surface area is 129 Å². The summed E-state index contributed by atoms with van der Waals surface area (Å²) in [7, 11) is 0. The first-order chi connectivity index (χ1) is 10.8. The predicted octanol–water partition coefficient (Wildman–Crippen LogP) is 3.57. The lowest BCUT2D eigenvalue weighted by atomic mass is 10.0. The number of aromatic nitrogens is 1. The van der Waals surface area contributed by atoms with Crippen molar-refractivity contribution in [1.82, 2.24) is 9.88 Å². The number of benzene rings is 2. The first kappa shape index (κ1) is 13.2. The lowest BCUT2D eigenvalue weighted by molar-refractivity contribution is 0.474. The van der Waals surface area contributed by atoms with Crippen LogP contribution in [0.25, 0.3) is 5.69 Å². The Balaban J connectivity index is 1.70. The van der Waals surface area contributed by atoms with Crippen molar-refractivity contribution in [3.05, 3.63) is 83.7 Å². The number of nitrogens with one attached hydrogen (secondary N) is 1. The van der Waals surface area contributed by atoms with Crippen LogP contribution in [0.3, 0.4) is 0 Å². The molecular formula is C19H18N2O. The van der Waals surface area contributed by atoms with Crippen LogP contribution in [-0.2, 0) is 13.0 Å². The molecule has 0 radical (unpaired) electrons. The van der Waals surface area contributed by atoms with Gasteiger partial charge in [-0.25, -0.2) is 0 Å². The van der Waals surface area contributed by atoms with Crippen molar-refractivity contribution in [2.45, 2.75) is 19.0 Å². The average molecular weight is 290 g/mol. The number of hydrogen-bond acceptors (Lipinski definition) is 2. The molecule has 0 saturated heterocycles. The van der Waals surface area contributed by atoms with E-state index in [0.29, 0.717) is 5.75 Å². The molecule has 3 aromatic rings. The maximum Gasteiger partial charge on any atom is 0.115 e. The van der Waals surface area contributed by atoms with E-state index in [-0.39, 0.29) is 6.04 Å². The predicted molar refractivity (Wildman–Crippen MR) is 87.2 cm³/mol. The Morgan fingerprint density at radius 1 is 1.00 bits per heavy atom. The molecule has 110 valence electrons.